The summed E-state index contributed by atoms with van der Waals surface area (Å²) in [5.74, 6) is 0. The van der Waals surface area contributed by atoms with Crippen molar-refractivity contribution in [3.63, 3.8) is 0 Å². The van der Waals surface area contributed by atoms with E-state index in [9.17, 15) is 0 Å². The van der Waals surface area contributed by atoms with Crippen LogP contribution in [0.25, 0.3) is 0 Å². The summed E-state index contributed by atoms with van der Waals surface area (Å²) in [6, 6.07) is 0. The van der Waals surface area contributed by atoms with Crippen LogP contribution in [-0.2, 0) is 28.5 Å². The topological polar surface area (TPSA) is 17.1 Å². The van der Waals surface area contributed by atoms with Gasteiger partial charge in [0.2, 0.25) is 0 Å². The SMILES string of the molecule is C[C-]=O.[AlH3].[S]=[Cd]. The average Bonchev–Trinajstić information content (AvgIpc) is 1.46. The Morgan fingerprint density at radius 2 is 1.67 bits per heavy atom. The molecule has 0 rings (SSSR count). The molecule has 0 N–H and O–H groups in total. The molecule has 0 saturated carbocycles. The van der Waals surface area contributed by atoms with Gasteiger partial charge in [0.05, 0.1) is 0 Å². The third-order valence-corrected chi connectivity index (χ3v) is 0. The summed E-state index contributed by atoms with van der Waals surface area (Å²) < 4.78 is 0. The second-order valence-corrected chi connectivity index (χ2v) is 0.204. The van der Waals surface area contributed by atoms with Crippen molar-refractivity contribution in [3.05, 3.63) is 0 Å². The van der Waals surface area contributed by atoms with Gasteiger partial charge in [-0.1, -0.05) is 0 Å². The zero-order valence-electron chi connectivity index (χ0n) is 3.02. The van der Waals surface area contributed by atoms with Gasteiger partial charge in [-0.3, -0.25) is 6.29 Å². The number of rotatable bonds is 0. The molecule has 1 nitrogen and oxygen atoms in total. The quantitative estimate of drug-likeness (QED) is 0.405. The van der Waals surface area contributed by atoms with Crippen molar-refractivity contribution in [2.75, 3.05) is 0 Å². The van der Waals surface area contributed by atoms with Gasteiger partial charge in [0.25, 0.3) is 0 Å². The average molecular weight is 218 g/mol. The van der Waals surface area contributed by atoms with Crippen molar-refractivity contribution in [3.8, 4) is 0 Å². The van der Waals surface area contributed by atoms with Crippen LogP contribution >= 0.6 is 8.65 Å². The van der Waals surface area contributed by atoms with E-state index in [4.69, 9.17) is 4.79 Å². The summed E-state index contributed by atoms with van der Waals surface area (Å²) in [4.78, 5) is 8.68. The predicted molar refractivity (Wildman–Crippen MR) is 28.9 cm³/mol. The van der Waals surface area contributed by atoms with E-state index in [1.165, 1.54) is 13.2 Å². The summed E-state index contributed by atoms with van der Waals surface area (Å²) >= 11 is 0.733. The molecule has 0 radical (unpaired) electrons. The first-order valence-corrected chi connectivity index (χ1v) is 6.51. The van der Waals surface area contributed by atoms with E-state index in [0.717, 1.165) is 23.7 Å². The fraction of sp³-hybridized carbons (Fsp3) is 0.500. The van der Waals surface area contributed by atoms with Crippen LogP contribution < -0.4 is 0 Å². The third kappa shape index (κ3) is 55.8. The van der Waals surface area contributed by atoms with Gasteiger partial charge in [0.15, 0.2) is 17.4 Å². The van der Waals surface area contributed by atoms with Crippen molar-refractivity contribution in [2.24, 2.45) is 0 Å². The molecule has 0 amide bonds. The second-order valence-electron chi connectivity index (χ2n) is 0.204. The van der Waals surface area contributed by atoms with E-state index < -0.39 is 0 Å². The van der Waals surface area contributed by atoms with Gasteiger partial charge >= 0.3 is 32.3 Å². The molecule has 0 heterocycles. The second kappa shape index (κ2) is 33.0. The van der Waals surface area contributed by atoms with Crippen molar-refractivity contribution in [1.82, 2.24) is 0 Å². The number of hydrogen-bond donors (Lipinski definition) is 0. The van der Waals surface area contributed by atoms with Crippen LogP contribution in [0.4, 0.5) is 0 Å². The van der Waals surface area contributed by atoms with Crippen LogP contribution in [0.2, 0.25) is 0 Å². The van der Waals surface area contributed by atoms with Crippen LogP contribution in [0.1, 0.15) is 6.92 Å². The number of hydrogen-bond acceptors (Lipinski definition) is 2. The van der Waals surface area contributed by atoms with Crippen LogP contribution in [0.15, 0.2) is 0 Å². The molecular weight excluding hydrogens is 211 g/mol. The van der Waals surface area contributed by atoms with E-state index in [2.05, 4.69) is 8.65 Å². The van der Waals surface area contributed by atoms with Crippen LogP contribution in [0.3, 0.4) is 0 Å². The molecule has 0 spiro atoms. The molecule has 6 heavy (non-hydrogen) atoms. The minimum atomic E-state index is 0. The third-order valence-electron chi connectivity index (χ3n) is 0. The molecule has 4 heteroatoms. The van der Waals surface area contributed by atoms with Gasteiger partial charge in [-0.25, -0.2) is 0 Å². The Hall–Kier alpha value is 1.34. The van der Waals surface area contributed by atoms with Crippen molar-refractivity contribution >= 4 is 32.3 Å². The molecule has 0 fully saturated rings. The molecule has 0 aromatic rings. The van der Waals surface area contributed by atoms with E-state index in [-0.39, 0.29) is 17.4 Å². The molecular formula is C2H6AlCdOS-. The Balaban J connectivity index is -0.0000000275. The van der Waals surface area contributed by atoms with Crippen LogP contribution in [0.5, 0.6) is 0 Å². The molecule has 32 valence electrons. The molecule has 0 aliphatic rings. The Labute approximate surface area is 67.2 Å². The first kappa shape index (κ1) is 15.7. The molecule has 0 aromatic heterocycles. The van der Waals surface area contributed by atoms with E-state index in [1.807, 2.05) is 0 Å². The maximum atomic E-state index is 8.68. The van der Waals surface area contributed by atoms with Crippen molar-refractivity contribution in [2.45, 2.75) is 6.92 Å². The fourth-order valence-corrected chi connectivity index (χ4v) is 0. The van der Waals surface area contributed by atoms with Gasteiger partial charge in [0, 0.05) is 0 Å². The monoisotopic (exact) mass is 219 g/mol. The predicted octanol–water partition coefficient (Wildman–Crippen LogP) is -0.422. The van der Waals surface area contributed by atoms with E-state index in [0.29, 0.717) is 0 Å². The molecule has 0 atom stereocenters. The Morgan fingerprint density at radius 3 is 1.67 bits per heavy atom. The van der Waals surface area contributed by atoms with Crippen LogP contribution in [0, 0.1) is 0 Å². The fourth-order valence-electron chi connectivity index (χ4n) is 0. The first-order valence-electron chi connectivity index (χ1n) is 0.993. The summed E-state index contributed by atoms with van der Waals surface area (Å²) in [5.41, 5.74) is 0. The Bertz CT molecular complexity index is 27.5. The van der Waals surface area contributed by atoms with Crippen molar-refractivity contribution in [1.29, 1.82) is 0 Å². The molecule has 0 aliphatic carbocycles. The normalized spacial score (nSPS) is 3.17. The molecule has 0 bridgehead atoms. The minimum absolute atomic E-state index is 0. The van der Waals surface area contributed by atoms with E-state index >= 15 is 0 Å². The summed E-state index contributed by atoms with van der Waals surface area (Å²) in [7, 11) is 4.25. The Morgan fingerprint density at radius 1 is 1.67 bits per heavy atom. The van der Waals surface area contributed by atoms with Gasteiger partial charge in [-0.15, -0.1) is 0 Å². The van der Waals surface area contributed by atoms with Gasteiger partial charge in [-0.05, 0) is 0 Å². The summed E-state index contributed by atoms with van der Waals surface area (Å²) in [6.07, 6.45) is 1.50. The van der Waals surface area contributed by atoms with Gasteiger partial charge in [0.1, 0.15) is 0 Å². The zero-order chi connectivity index (χ0) is 4.71. The molecule has 0 aliphatic heterocycles. The van der Waals surface area contributed by atoms with Crippen molar-refractivity contribution < 1.29 is 28.5 Å². The van der Waals surface area contributed by atoms with Crippen LogP contribution in [-0.4, -0.2) is 23.6 Å². The van der Waals surface area contributed by atoms with Gasteiger partial charge < -0.3 is 4.79 Å². The number of carbonyl (C=O) groups excluding carboxylic acids is 1. The summed E-state index contributed by atoms with van der Waals surface area (Å²) in [6.45, 7) is 1.32. The van der Waals surface area contributed by atoms with E-state index in [1.54, 1.807) is 0 Å². The van der Waals surface area contributed by atoms with Gasteiger partial charge in [-0.2, -0.15) is 6.92 Å². The molecule has 0 saturated heterocycles. The Kier molecular flexibility index (Phi) is 86.1. The maximum absolute atomic E-state index is 8.68. The zero-order valence-corrected chi connectivity index (χ0v) is 7.88. The first-order chi connectivity index (χ1) is 2.41. The molecule has 0 aromatic carbocycles. The molecule has 0 unspecified atom stereocenters. The standard InChI is InChI=1S/C2H3O.Al.Cd.S.3H/c1-2-3;;;;;;/h1H3;;;;;;/q-1;;;;;;. The summed E-state index contributed by atoms with van der Waals surface area (Å²) in [5, 5.41) is 0.